The van der Waals surface area contributed by atoms with Gasteiger partial charge in [0.1, 0.15) is 24.6 Å². The van der Waals surface area contributed by atoms with E-state index in [4.69, 9.17) is 0 Å². The highest BCUT2D eigenvalue weighted by molar-refractivity contribution is 5.51. The number of para-hydroxylation sites is 2. The fourth-order valence-electron chi connectivity index (χ4n) is 2.71. The summed E-state index contributed by atoms with van der Waals surface area (Å²) in [5, 5.41) is 4.34. The Morgan fingerprint density at radius 1 is 0.833 bits per heavy atom. The van der Waals surface area contributed by atoms with Crippen molar-refractivity contribution in [2.75, 3.05) is 0 Å². The Morgan fingerprint density at radius 3 is 2.33 bits per heavy atom. The second-order valence-electron chi connectivity index (χ2n) is 5.42. The molecule has 24 heavy (non-hydrogen) atoms. The number of rotatable bonds is 4. The molecule has 2 heterocycles. The Bertz CT molecular complexity index is 898. The zero-order valence-corrected chi connectivity index (χ0v) is 13.8. The number of aromatic nitrogens is 4. The second kappa shape index (κ2) is 7.15. The van der Waals surface area contributed by atoms with E-state index in [1.165, 1.54) is 5.56 Å². The standard InChI is InChI=1S/C19H17N4.ClH/c1-2-7-17(8-3-1)15-21-13-14-22(16-21)18-9-4-5-10-19(18)23-12-6-11-20-23;/h1-14,16H,15H2;1H/q+1;/p-1. The molecule has 0 unspecified atom stereocenters. The summed E-state index contributed by atoms with van der Waals surface area (Å²) in [6, 6.07) is 20.6. The van der Waals surface area contributed by atoms with Gasteiger partial charge in [-0.05, 0) is 23.8 Å². The molecule has 2 aromatic heterocycles. The zero-order valence-electron chi connectivity index (χ0n) is 13.0. The molecule has 2 aromatic carbocycles. The molecule has 0 bridgehead atoms. The van der Waals surface area contributed by atoms with Crippen molar-refractivity contribution >= 4 is 0 Å². The number of nitrogens with zero attached hydrogens (tertiary/aromatic N) is 4. The first-order valence-corrected chi connectivity index (χ1v) is 7.60. The predicted molar refractivity (Wildman–Crippen MR) is 88.6 cm³/mol. The molecule has 0 spiro atoms. The van der Waals surface area contributed by atoms with Gasteiger partial charge < -0.3 is 12.4 Å². The molecule has 0 amide bonds. The van der Waals surface area contributed by atoms with Crippen molar-refractivity contribution in [1.29, 1.82) is 0 Å². The van der Waals surface area contributed by atoms with E-state index in [0.717, 1.165) is 17.9 Å². The normalized spacial score (nSPS) is 10.3. The van der Waals surface area contributed by atoms with Crippen LogP contribution in [0.3, 0.4) is 0 Å². The Balaban J connectivity index is 0.00000169. The molecule has 0 fully saturated rings. The van der Waals surface area contributed by atoms with Crippen LogP contribution in [-0.4, -0.2) is 14.3 Å². The first kappa shape index (κ1) is 16.0. The highest BCUT2D eigenvalue weighted by Gasteiger charge is 2.12. The number of hydrogen-bond acceptors (Lipinski definition) is 1. The first-order valence-electron chi connectivity index (χ1n) is 7.60. The third-order valence-corrected chi connectivity index (χ3v) is 3.81. The monoisotopic (exact) mass is 336 g/mol. The summed E-state index contributed by atoms with van der Waals surface area (Å²) in [4.78, 5) is 0. The largest absolute Gasteiger partial charge is 1.00 e. The summed E-state index contributed by atoms with van der Waals surface area (Å²) in [7, 11) is 0. The average molecular weight is 337 g/mol. The third-order valence-electron chi connectivity index (χ3n) is 3.81. The molecule has 0 radical (unpaired) electrons. The van der Waals surface area contributed by atoms with E-state index < -0.39 is 0 Å². The maximum atomic E-state index is 4.34. The van der Waals surface area contributed by atoms with E-state index in [1.54, 1.807) is 6.20 Å². The van der Waals surface area contributed by atoms with E-state index in [1.807, 2.05) is 35.1 Å². The van der Waals surface area contributed by atoms with E-state index in [-0.39, 0.29) is 12.4 Å². The Kier molecular flexibility index (Phi) is 4.77. The fraction of sp³-hybridized carbons (Fsp3) is 0.0526. The van der Waals surface area contributed by atoms with Gasteiger partial charge in [0.2, 0.25) is 6.33 Å². The van der Waals surface area contributed by atoms with Crippen LogP contribution in [0.5, 0.6) is 0 Å². The fourth-order valence-corrected chi connectivity index (χ4v) is 2.71. The van der Waals surface area contributed by atoms with Crippen molar-refractivity contribution in [2.45, 2.75) is 6.54 Å². The van der Waals surface area contributed by atoms with Gasteiger partial charge in [0.25, 0.3) is 0 Å². The van der Waals surface area contributed by atoms with Crippen LogP contribution in [-0.2, 0) is 6.54 Å². The van der Waals surface area contributed by atoms with Crippen LogP contribution in [0.1, 0.15) is 5.56 Å². The summed E-state index contributed by atoms with van der Waals surface area (Å²) >= 11 is 0. The lowest BCUT2D eigenvalue weighted by Gasteiger charge is -2.05. The van der Waals surface area contributed by atoms with Crippen LogP contribution < -0.4 is 17.0 Å². The van der Waals surface area contributed by atoms with Crippen molar-refractivity contribution in [3.8, 4) is 11.4 Å². The van der Waals surface area contributed by atoms with Gasteiger partial charge in [-0.3, -0.25) is 0 Å². The van der Waals surface area contributed by atoms with Crippen LogP contribution in [0.15, 0.2) is 91.8 Å². The Morgan fingerprint density at radius 2 is 1.58 bits per heavy atom. The summed E-state index contributed by atoms with van der Waals surface area (Å²) < 4.78 is 6.19. The van der Waals surface area contributed by atoms with E-state index in [0.29, 0.717) is 0 Å². The van der Waals surface area contributed by atoms with E-state index >= 15 is 0 Å². The molecule has 120 valence electrons. The summed E-state index contributed by atoms with van der Waals surface area (Å²) in [5.74, 6) is 0. The topological polar surface area (TPSA) is 26.6 Å². The number of benzene rings is 2. The highest BCUT2D eigenvalue weighted by Crippen LogP contribution is 2.17. The Labute approximate surface area is 147 Å². The molecule has 0 aliphatic carbocycles. The minimum absolute atomic E-state index is 0. The van der Waals surface area contributed by atoms with Gasteiger partial charge in [-0.15, -0.1) is 0 Å². The lowest BCUT2D eigenvalue weighted by Crippen LogP contribution is -3.00. The molecule has 0 aliphatic rings. The van der Waals surface area contributed by atoms with Gasteiger partial charge in [-0.2, -0.15) is 5.10 Å². The molecule has 5 heteroatoms. The lowest BCUT2D eigenvalue weighted by molar-refractivity contribution is -0.687. The summed E-state index contributed by atoms with van der Waals surface area (Å²) in [5.41, 5.74) is 3.44. The van der Waals surface area contributed by atoms with Crippen molar-refractivity contribution in [1.82, 2.24) is 14.3 Å². The number of hydrogen-bond donors (Lipinski definition) is 0. The number of imidazole rings is 1. The smallest absolute Gasteiger partial charge is 0.249 e. The molecule has 4 rings (SSSR count). The molecular weight excluding hydrogens is 320 g/mol. The van der Waals surface area contributed by atoms with Crippen LogP contribution >= 0.6 is 0 Å². The minimum atomic E-state index is 0. The summed E-state index contributed by atoms with van der Waals surface area (Å²) in [6.45, 7) is 0.859. The summed E-state index contributed by atoms with van der Waals surface area (Å²) in [6.07, 6.45) is 10.0. The SMILES string of the molecule is [Cl-].c1ccc(C[n+]2ccn(-c3ccccc3-n3cccn3)c2)cc1. The van der Waals surface area contributed by atoms with Gasteiger partial charge in [0.05, 0.1) is 0 Å². The van der Waals surface area contributed by atoms with Crippen molar-refractivity contribution in [3.05, 3.63) is 97.3 Å². The second-order valence-corrected chi connectivity index (χ2v) is 5.42. The zero-order chi connectivity index (χ0) is 15.5. The Hall–Kier alpha value is -2.85. The van der Waals surface area contributed by atoms with Crippen LogP contribution in [0, 0.1) is 0 Å². The molecule has 0 saturated carbocycles. The predicted octanol–water partition coefficient (Wildman–Crippen LogP) is 0.00280. The highest BCUT2D eigenvalue weighted by atomic mass is 35.5. The molecule has 4 nitrogen and oxygen atoms in total. The van der Waals surface area contributed by atoms with Gasteiger partial charge >= 0.3 is 0 Å². The maximum absolute atomic E-state index is 4.34. The molecule has 0 aliphatic heterocycles. The molecular formula is C19H17ClN4. The molecule has 0 saturated heterocycles. The quantitative estimate of drug-likeness (QED) is 0.482. The van der Waals surface area contributed by atoms with Gasteiger partial charge in [-0.25, -0.2) is 13.8 Å². The number of halogens is 1. The van der Waals surface area contributed by atoms with Crippen molar-refractivity contribution in [2.24, 2.45) is 0 Å². The minimum Gasteiger partial charge on any atom is -1.00 e. The van der Waals surface area contributed by atoms with Gasteiger partial charge in [0, 0.05) is 12.4 Å². The van der Waals surface area contributed by atoms with Crippen molar-refractivity contribution in [3.63, 3.8) is 0 Å². The maximum Gasteiger partial charge on any atom is 0.249 e. The molecule has 0 N–H and O–H groups in total. The first-order chi connectivity index (χ1) is 11.4. The van der Waals surface area contributed by atoms with E-state index in [2.05, 4.69) is 69.4 Å². The van der Waals surface area contributed by atoms with Crippen molar-refractivity contribution < 1.29 is 17.0 Å². The average Bonchev–Trinajstić information content (AvgIpc) is 3.28. The van der Waals surface area contributed by atoms with Gasteiger partial charge in [0.15, 0.2) is 5.69 Å². The molecule has 0 atom stereocenters. The lowest BCUT2D eigenvalue weighted by atomic mass is 10.2. The van der Waals surface area contributed by atoms with Gasteiger partial charge in [-0.1, -0.05) is 42.5 Å². The van der Waals surface area contributed by atoms with E-state index in [9.17, 15) is 0 Å². The van der Waals surface area contributed by atoms with Crippen LogP contribution in [0.4, 0.5) is 0 Å². The van der Waals surface area contributed by atoms with Crippen LogP contribution in [0.25, 0.3) is 11.4 Å². The van der Waals surface area contributed by atoms with Crippen LogP contribution in [0.2, 0.25) is 0 Å². The molecule has 4 aromatic rings. The third kappa shape index (κ3) is 3.24.